The second-order valence-corrected chi connectivity index (χ2v) is 8.73. The SMILES string of the molecule is Cc1cc(CSc2ccccc2C(=O)N2CCN(Cc3ccccc3C)CC2)on1. The molecule has 6 heteroatoms. The highest BCUT2D eigenvalue weighted by Gasteiger charge is 2.24. The van der Waals surface area contributed by atoms with Crippen LogP contribution in [0.5, 0.6) is 0 Å². The molecule has 0 N–H and O–H groups in total. The standard InChI is InChI=1S/C24H27N3O2S/c1-18-7-3-4-8-20(18)16-26-11-13-27(14-12-26)24(28)22-9-5-6-10-23(22)30-17-21-15-19(2)25-29-21/h3-10,15H,11-14,16-17H2,1-2H3. The Morgan fingerprint density at radius 2 is 1.77 bits per heavy atom. The Morgan fingerprint density at radius 1 is 1.03 bits per heavy atom. The third-order valence-corrected chi connectivity index (χ3v) is 6.57. The molecule has 2 heterocycles. The lowest BCUT2D eigenvalue weighted by Gasteiger charge is -2.35. The van der Waals surface area contributed by atoms with Crippen LogP contribution in [0.25, 0.3) is 0 Å². The summed E-state index contributed by atoms with van der Waals surface area (Å²) in [5.41, 5.74) is 4.33. The zero-order valence-electron chi connectivity index (χ0n) is 17.5. The van der Waals surface area contributed by atoms with Crippen molar-refractivity contribution in [2.45, 2.75) is 31.0 Å². The molecule has 0 spiro atoms. The van der Waals surface area contributed by atoms with E-state index in [2.05, 4.69) is 41.2 Å². The molecular formula is C24H27N3O2S. The van der Waals surface area contributed by atoms with E-state index in [1.165, 1.54) is 11.1 Å². The fraction of sp³-hybridized carbons (Fsp3) is 0.333. The lowest BCUT2D eigenvalue weighted by Crippen LogP contribution is -2.48. The number of aromatic nitrogens is 1. The predicted molar refractivity (Wildman–Crippen MR) is 120 cm³/mol. The fourth-order valence-electron chi connectivity index (χ4n) is 3.71. The van der Waals surface area contributed by atoms with Gasteiger partial charge in [0.15, 0.2) is 0 Å². The van der Waals surface area contributed by atoms with Gasteiger partial charge in [0.25, 0.3) is 5.91 Å². The number of piperazine rings is 1. The maximum atomic E-state index is 13.2. The molecule has 0 saturated carbocycles. The van der Waals surface area contributed by atoms with Crippen LogP contribution in [0.4, 0.5) is 0 Å². The number of amides is 1. The average Bonchev–Trinajstić information content (AvgIpc) is 3.19. The van der Waals surface area contributed by atoms with E-state index >= 15 is 0 Å². The van der Waals surface area contributed by atoms with E-state index in [0.717, 1.165) is 54.6 Å². The molecule has 0 bridgehead atoms. The van der Waals surface area contributed by atoms with Gasteiger partial charge >= 0.3 is 0 Å². The van der Waals surface area contributed by atoms with Crippen LogP contribution in [0.2, 0.25) is 0 Å². The second-order valence-electron chi connectivity index (χ2n) is 7.71. The largest absolute Gasteiger partial charge is 0.360 e. The molecule has 0 atom stereocenters. The average molecular weight is 422 g/mol. The monoisotopic (exact) mass is 421 g/mol. The van der Waals surface area contributed by atoms with Gasteiger partial charge in [-0.15, -0.1) is 11.8 Å². The van der Waals surface area contributed by atoms with Crippen molar-refractivity contribution in [2.75, 3.05) is 26.2 Å². The van der Waals surface area contributed by atoms with Crippen molar-refractivity contribution < 1.29 is 9.32 Å². The first kappa shape index (κ1) is 20.7. The van der Waals surface area contributed by atoms with Gasteiger partial charge in [-0.2, -0.15) is 0 Å². The smallest absolute Gasteiger partial charge is 0.255 e. The van der Waals surface area contributed by atoms with E-state index in [1.807, 2.05) is 42.2 Å². The number of thioether (sulfide) groups is 1. The van der Waals surface area contributed by atoms with Crippen molar-refractivity contribution in [1.29, 1.82) is 0 Å². The van der Waals surface area contributed by atoms with Crippen LogP contribution >= 0.6 is 11.8 Å². The highest BCUT2D eigenvalue weighted by molar-refractivity contribution is 7.98. The Kier molecular flexibility index (Phi) is 6.55. The van der Waals surface area contributed by atoms with E-state index in [1.54, 1.807) is 11.8 Å². The van der Waals surface area contributed by atoms with Gasteiger partial charge in [-0.3, -0.25) is 9.69 Å². The molecule has 0 aliphatic carbocycles. The van der Waals surface area contributed by atoms with Crippen LogP contribution in [0.3, 0.4) is 0 Å². The van der Waals surface area contributed by atoms with Crippen molar-refractivity contribution in [3.05, 3.63) is 82.7 Å². The van der Waals surface area contributed by atoms with E-state index in [9.17, 15) is 4.79 Å². The van der Waals surface area contributed by atoms with Gasteiger partial charge in [-0.1, -0.05) is 41.6 Å². The van der Waals surface area contributed by atoms with E-state index in [-0.39, 0.29) is 5.91 Å². The number of nitrogens with zero attached hydrogens (tertiary/aromatic N) is 3. The molecule has 1 fully saturated rings. The van der Waals surface area contributed by atoms with Gasteiger partial charge in [0.1, 0.15) is 5.76 Å². The first-order valence-electron chi connectivity index (χ1n) is 10.3. The van der Waals surface area contributed by atoms with Crippen molar-refractivity contribution in [3.8, 4) is 0 Å². The highest BCUT2D eigenvalue weighted by Crippen LogP contribution is 2.28. The molecular weight excluding hydrogens is 394 g/mol. The zero-order chi connectivity index (χ0) is 20.9. The Hall–Kier alpha value is -2.57. The van der Waals surface area contributed by atoms with Gasteiger partial charge in [0.2, 0.25) is 0 Å². The lowest BCUT2D eigenvalue weighted by molar-refractivity contribution is 0.0625. The summed E-state index contributed by atoms with van der Waals surface area (Å²) >= 11 is 1.62. The predicted octanol–water partition coefficient (Wildman–Crippen LogP) is 4.54. The normalized spacial score (nSPS) is 14.8. The van der Waals surface area contributed by atoms with Crippen LogP contribution < -0.4 is 0 Å². The number of benzene rings is 2. The maximum absolute atomic E-state index is 13.2. The molecule has 0 unspecified atom stereocenters. The zero-order valence-corrected chi connectivity index (χ0v) is 18.3. The summed E-state index contributed by atoms with van der Waals surface area (Å²) < 4.78 is 5.30. The lowest BCUT2D eigenvalue weighted by atomic mass is 10.1. The van der Waals surface area contributed by atoms with Gasteiger partial charge in [-0.25, -0.2) is 0 Å². The van der Waals surface area contributed by atoms with Crippen molar-refractivity contribution >= 4 is 17.7 Å². The molecule has 0 radical (unpaired) electrons. The molecule has 30 heavy (non-hydrogen) atoms. The quantitative estimate of drug-likeness (QED) is 0.547. The van der Waals surface area contributed by atoms with Crippen molar-refractivity contribution in [3.63, 3.8) is 0 Å². The summed E-state index contributed by atoms with van der Waals surface area (Å²) in [5, 5.41) is 3.93. The fourth-order valence-corrected chi connectivity index (χ4v) is 4.63. The summed E-state index contributed by atoms with van der Waals surface area (Å²) in [4.78, 5) is 18.6. The molecule has 5 nitrogen and oxygen atoms in total. The van der Waals surface area contributed by atoms with Gasteiger partial charge in [-0.05, 0) is 37.1 Å². The summed E-state index contributed by atoms with van der Waals surface area (Å²) in [7, 11) is 0. The second kappa shape index (κ2) is 9.49. The molecule has 2 aromatic carbocycles. The van der Waals surface area contributed by atoms with Gasteiger partial charge < -0.3 is 9.42 Å². The molecule has 156 valence electrons. The van der Waals surface area contributed by atoms with Gasteiger partial charge in [0.05, 0.1) is 17.0 Å². The number of hydrogen-bond acceptors (Lipinski definition) is 5. The van der Waals surface area contributed by atoms with Crippen molar-refractivity contribution in [1.82, 2.24) is 15.0 Å². The van der Waals surface area contributed by atoms with Crippen molar-refractivity contribution in [2.24, 2.45) is 0 Å². The molecule has 1 aliphatic rings. The molecule has 4 rings (SSSR count). The minimum atomic E-state index is 0.113. The molecule has 1 saturated heterocycles. The maximum Gasteiger partial charge on any atom is 0.255 e. The summed E-state index contributed by atoms with van der Waals surface area (Å²) in [6, 6.07) is 18.3. The van der Waals surface area contributed by atoms with E-state index in [0.29, 0.717) is 5.75 Å². The Morgan fingerprint density at radius 3 is 2.50 bits per heavy atom. The van der Waals surface area contributed by atoms with E-state index in [4.69, 9.17) is 4.52 Å². The minimum Gasteiger partial charge on any atom is -0.360 e. The third kappa shape index (κ3) is 4.94. The van der Waals surface area contributed by atoms with Crippen LogP contribution in [0, 0.1) is 13.8 Å². The number of carbonyl (C=O) groups is 1. The number of hydrogen-bond donors (Lipinski definition) is 0. The van der Waals surface area contributed by atoms with Crippen LogP contribution in [0.1, 0.15) is 32.9 Å². The van der Waals surface area contributed by atoms with Crippen LogP contribution in [-0.4, -0.2) is 47.0 Å². The summed E-state index contributed by atoms with van der Waals surface area (Å²) in [6.45, 7) is 8.31. The first-order valence-corrected chi connectivity index (χ1v) is 11.3. The summed E-state index contributed by atoms with van der Waals surface area (Å²) in [5.74, 6) is 1.60. The van der Waals surface area contributed by atoms with E-state index < -0.39 is 0 Å². The minimum absolute atomic E-state index is 0.113. The summed E-state index contributed by atoms with van der Waals surface area (Å²) in [6.07, 6.45) is 0. The topological polar surface area (TPSA) is 49.6 Å². The highest BCUT2D eigenvalue weighted by atomic mass is 32.2. The number of aryl methyl sites for hydroxylation is 2. The Bertz CT molecular complexity index is 1010. The number of rotatable bonds is 6. The third-order valence-electron chi connectivity index (χ3n) is 5.48. The molecule has 1 aromatic heterocycles. The Labute approximate surface area is 182 Å². The molecule has 3 aromatic rings. The van der Waals surface area contributed by atoms with Crippen LogP contribution in [0.15, 0.2) is 64.0 Å². The van der Waals surface area contributed by atoms with Crippen LogP contribution in [-0.2, 0) is 12.3 Å². The number of carbonyl (C=O) groups excluding carboxylic acids is 1. The molecule has 1 aliphatic heterocycles. The molecule has 1 amide bonds. The first-order chi connectivity index (χ1) is 14.6. The van der Waals surface area contributed by atoms with Gasteiger partial charge in [0, 0.05) is 43.7 Å². The Balaban J connectivity index is 1.36.